The van der Waals surface area contributed by atoms with Gasteiger partial charge in [-0.1, -0.05) is 32.9 Å². The van der Waals surface area contributed by atoms with Crippen LogP contribution < -0.4 is 0 Å². The number of aliphatic hydroxyl groups excluding tert-OH is 1. The summed E-state index contributed by atoms with van der Waals surface area (Å²) in [6.07, 6.45) is 5.13. The maximum atomic E-state index is 10.1. The lowest BCUT2D eigenvalue weighted by molar-refractivity contribution is -0.116. The van der Waals surface area contributed by atoms with Crippen molar-refractivity contribution in [3.8, 4) is 0 Å². The van der Waals surface area contributed by atoms with Crippen LogP contribution in [-0.2, 0) is 9.47 Å². The average molecular weight is 315 g/mol. The van der Waals surface area contributed by atoms with Crippen LogP contribution in [0.15, 0.2) is 12.2 Å². The van der Waals surface area contributed by atoms with Crippen molar-refractivity contribution in [1.82, 2.24) is 0 Å². The summed E-state index contributed by atoms with van der Waals surface area (Å²) in [6.45, 7) is 18.6. The van der Waals surface area contributed by atoms with Gasteiger partial charge in [-0.2, -0.15) is 0 Å². The standard InChI is InChI=1S/C19H38O3/c1-10-11-16(12-19(8,9)22-14(2)3)21-17(15(4)20)13-18(5,6)7/h10-11,14-17,20H,12-13H2,1-9H3/b11-10+. The molecule has 0 aromatic rings. The Kier molecular flexibility index (Phi) is 8.89. The van der Waals surface area contributed by atoms with Gasteiger partial charge in [-0.25, -0.2) is 0 Å². The molecule has 0 aliphatic rings. The molecule has 3 nitrogen and oxygen atoms in total. The fraction of sp³-hybridized carbons (Fsp3) is 0.895. The lowest BCUT2D eigenvalue weighted by Crippen LogP contribution is -2.38. The molecule has 0 rings (SSSR count). The van der Waals surface area contributed by atoms with Crippen molar-refractivity contribution in [3.05, 3.63) is 12.2 Å². The Labute approximate surface area is 138 Å². The van der Waals surface area contributed by atoms with E-state index in [4.69, 9.17) is 9.47 Å². The van der Waals surface area contributed by atoms with E-state index in [0.717, 1.165) is 12.8 Å². The Morgan fingerprint density at radius 2 is 1.55 bits per heavy atom. The van der Waals surface area contributed by atoms with Crippen molar-refractivity contribution >= 4 is 0 Å². The molecule has 0 spiro atoms. The molecular formula is C19H38O3. The Balaban J connectivity index is 4.93. The van der Waals surface area contributed by atoms with Crippen LogP contribution in [0.2, 0.25) is 0 Å². The lowest BCUT2D eigenvalue weighted by Gasteiger charge is -2.35. The third-order valence-electron chi connectivity index (χ3n) is 3.36. The van der Waals surface area contributed by atoms with Crippen LogP contribution in [-0.4, -0.2) is 35.1 Å². The molecule has 0 aromatic carbocycles. The highest BCUT2D eigenvalue weighted by molar-refractivity contribution is 4.92. The third kappa shape index (κ3) is 10.4. The summed E-state index contributed by atoms with van der Waals surface area (Å²) >= 11 is 0. The normalized spacial score (nSPS) is 18.0. The first-order valence-electron chi connectivity index (χ1n) is 8.50. The van der Waals surface area contributed by atoms with Crippen LogP contribution in [0.4, 0.5) is 0 Å². The second-order valence-corrected chi connectivity index (χ2v) is 8.37. The molecule has 0 amide bonds. The Morgan fingerprint density at radius 3 is 1.91 bits per heavy atom. The van der Waals surface area contributed by atoms with Gasteiger partial charge in [-0.15, -0.1) is 0 Å². The van der Waals surface area contributed by atoms with Crippen LogP contribution in [0, 0.1) is 5.41 Å². The van der Waals surface area contributed by atoms with Gasteiger partial charge in [0.25, 0.3) is 0 Å². The molecule has 22 heavy (non-hydrogen) atoms. The Bertz CT molecular complexity index is 324. The number of allylic oxidation sites excluding steroid dienone is 1. The van der Waals surface area contributed by atoms with Crippen molar-refractivity contribution in [2.24, 2.45) is 5.41 Å². The fourth-order valence-corrected chi connectivity index (χ4v) is 2.71. The van der Waals surface area contributed by atoms with Gasteiger partial charge >= 0.3 is 0 Å². The third-order valence-corrected chi connectivity index (χ3v) is 3.36. The fourth-order valence-electron chi connectivity index (χ4n) is 2.71. The van der Waals surface area contributed by atoms with Gasteiger partial charge in [-0.3, -0.25) is 0 Å². The molecule has 0 saturated heterocycles. The van der Waals surface area contributed by atoms with Crippen molar-refractivity contribution in [2.45, 2.75) is 105 Å². The van der Waals surface area contributed by atoms with E-state index in [0.29, 0.717) is 0 Å². The molecule has 0 fully saturated rings. The first-order valence-corrected chi connectivity index (χ1v) is 8.50. The largest absolute Gasteiger partial charge is 0.391 e. The number of hydrogen-bond acceptors (Lipinski definition) is 3. The van der Waals surface area contributed by atoms with Crippen molar-refractivity contribution in [3.63, 3.8) is 0 Å². The van der Waals surface area contributed by atoms with E-state index in [2.05, 4.69) is 40.7 Å². The van der Waals surface area contributed by atoms with Crippen LogP contribution >= 0.6 is 0 Å². The van der Waals surface area contributed by atoms with E-state index in [1.165, 1.54) is 0 Å². The van der Waals surface area contributed by atoms with Crippen LogP contribution in [0.1, 0.15) is 75.2 Å². The molecular weight excluding hydrogens is 276 g/mol. The molecule has 0 aromatic heterocycles. The number of hydrogen-bond donors (Lipinski definition) is 1. The smallest absolute Gasteiger partial charge is 0.0844 e. The van der Waals surface area contributed by atoms with E-state index in [1.54, 1.807) is 6.92 Å². The van der Waals surface area contributed by atoms with Gasteiger partial charge in [-0.05, 0) is 53.4 Å². The maximum Gasteiger partial charge on any atom is 0.0844 e. The second kappa shape index (κ2) is 9.05. The summed E-state index contributed by atoms with van der Waals surface area (Å²) in [7, 11) is 0. The monoisotopic (exact) mass is 314 g/mol. The minimum atomic E-state index is -0.485. The summed E-state index contributed by atoms with van der Waals surface area (Å²) in [5.41, 5.74) is -0.143. The number of rotatable bonds is 9. The number of aliphatic hydroxyl groups is 1. The van der Waals surface area contributed by atoms with Crippen molar-refractivity contribution < 1.29 is 14.6 Å². The highest BCUT2D eigenvalue weighted by Gasteiger charge is 2.29. The topological polar surface area (TPSA) is 38.7 Å². The van der Waals surface area contributed by atoms with Crippen LogP contribution in [0.5, 0.6) is 0 Å². The predicted octanol–water partition coefficient (Wildman–Crippen LogP) is 4.73. The molecule has 1 N–H and O–H groups in total. The molecule has 3 heteroatoms. The van der Waals surface area contributed by atoms with Crippen molar-refractivity contribution in [2.75, 3.05) is 0 Å². The molecule has 0 radical (unpaired) electrons. The van der Waals surface area contributed by atoms with Gasteiger partial charge in [0, 0.05) is 6.42 Å². The van der Waals surface area contributed by atoms with Crippen LogP contribution in [0.3, 0.4) is 0 Å². The predicted molar refractivity (Wildman–Crippen MR) is 94.1 cm³/mol. The summed E-state index contributed by atoms with van der Waals surface area (Å²) in [5.74, 6) is 0. The van der Waals surface area contributed by atoms with E-state index in [1.807, 2.05) is 26.8 Å². The average Bonchev–Trinajstić information content (AvgIpc) is 2.23. The Hall–Kier alpha value is -0.380. The zero-order valence-corrected chi connectivity index (χ0v) is 16.1. The van der Waals surface area contributed by atoms with Crippen LogP contribution in [0.25, 0.3) is 0 Å². The molecule has 0 bridgehead atoms. The maximum absolute atomic E-state index is 10.1. The SMILES string of the molecule is C/C=C/C(CC(C)(C)OC(C)C)OC(CC(C)(C)C)C(C)O. The summed E-state index contributed by atoms with van der Waals surface area (Å²) in [4.78, 5) is 0. The molecule has 3 unspecified atom stereocenters. The summed E-state index contributed by atoms with van der Waals surface area (Å²) in [5, 5.41) is 10.1. The zero-order valence-electron chi connectivity index (χ0n) is 16.1. The van der Waals surface area contributed by atoms with Gasteiger partial charge in [0.2, 0.25) is 0 Å². The summed E-state index contributed by atoms with van der Waals surface area (Å²) in [6, 6.07) is 0. The summed E-state index contributed by atoms with van der Waals surface area (Å²) < 4.78 is 12.2. The highest BCUT2D eigenvalue weighted by Crippen LogP contribution is 2.28. The first-order chi connectivity index (χ1) is 9.86. The second-order valence-electron chi connectivity index (χ2n) is 8.37. The molecule has 0 saturated carbocycles. The minimum absolute atomic E-state index is 0.0549. The first kappa shape index (κ1) is 21.6. The van der Waals surface area contributed by atoms with Crippen molar-refractivity contribution in [1.29, 1.82) is 0 Å². The molecule has 3 atom stereocenters. The quantitative estimate of drug-likeness (QED) is 0.625. The van der Waals surface area contributed by atoms with Gasteiger partial charge < -0.3 is 14.6 Å². The number of ether oxygens (including phenoxy) is 2. The minimum Gasteiger partial charge on any atom is -0.391 e. The zero-order chi connectivity index (χ0) is 17.6. The van der Waals surface area contributed by atoms with E-state index in [-0.39, 0.29) is 29.3 Å². The lowest BCUT2D eigenvalue weighted by atomic mass is 9.87. The van der Waals surface area contributed by atoms with Gasteiger partial charge in [0.1, 0.15) is 0 Å². The molecule has 132 valence electrons. The highest BCUT2D eigenvalue weighted by atomic mass is 16.5. The van der Waals surface area contributed by atoms with E-state index < -0.39 is 6.10 Å². The van der Waals surface area contributed by atoms with E-state index >= 15 is 0 Å². The molecule has 0 aliphatic carbocycles. The Morgan fingerprint density at radius 1 is 1.00 bits per heavy atom. The molecule has 0 heterocycles. The van der Waals surface area contributed by atoms with E-state index in [9.17, 15) is 5.11 Å². The van der Waals surface area contributed by atoms with Gasteiger partial charge in [0.15, 0.2) is 0 Å². The van der Waals surface area contributed by atoms with Gasteiger partial charge in [0.05, 0.1) is 30.0 Å². The molecule has 0 aliphatic heterocycles.